The molecule has 0 aromatic heterocycles. The smallest absolute Gasteiger partial charge is 0.305 e. The lowest BCUT2D eigenvalue weighted by atomic mass is 10.1. The second-order valence-electron chi connectivity index (χ2n) is 6.32. The van der Waals surface area contributed by atoms with Crippen molar-refractivity contribution in [2.24, 2.45) is 0 Å². The predicted molar refractivity (Wildman–Crippen MR) is 92.6 cm³/mol. The molecule has 0 aliphatic carbocycles. The molecule has 7 nitrogen and oxygen atoms in total. The summed E-state index contributed by atoms with van der Waals surface area (Å²) in [5, 5.41) is 11.3. The monoisotopic (exact) mass is 368 g/mol. The SMILES string of the molecule is CC(CC(=O)O)NC(=O)CCc1ccc(S(=O)(=O)N2CCCC2)cc1. The van der Waals surface area contributed by atoms with Crippen LogP contribution in [0.1, 0.15) is 38.2 Å². The Hall–Kier alpha value is -1.93. The fourth-order valence-corrected chi connectivity index (χ4v) is 4.34. The van der Waals surface area contributed by atoms with E-state index in [0.717, 1.165) is 18.4 Å². The van der Waals surface area contributed by atoms with Crippen molar-refractivity contribution in [1.29, 1.82) is 0 Å². The molecule has 1 aliphatic rings. The number of benzene rings is 1. The normalized spacial score (nSPS) is 16.5. The third-order valence-electron chi connectivity index (χ3n) is 4.16. The van der Waals surface area contributed by atoms with Gasteiger partial charge in [-0.3, -0.25) is 9.59 Å². The van der Waals surface area contributed by atoms with Crippen molar-refractivity contribution in [1.82, 2.24) is 9.62 Å². The molecule has 25 heavy (non-hydrogen) atoms. The van der Waals surface area contributed by atoms with Gasteiger partial charge >= 0.3 is 5.97 Å². The van der Waals surface area contributed by atoms with E-state index < -0.39 is 22.0 Å². The summed E-state index contributed by atoms with van der Waals surface area (Å²) in [6, 6.07) is 6.17. The molecule has 0 saturated carbocycles. The number of amides is 1. The summed E-state index contributed by atoms with van der Waals surface area (Å²) in [4.78, 5) is 22.7. The highest BCUT2D eigenvalue weighted by Gasteiger charge is 2.26. The molecular weight excluding hydrogens is 344 g/mol. The van der Waals surface area contributed by atoms with Crippen molar-refractivity contribution in [3.63, 3.8) is 0 Å². The molecule has 138 valence electrons. The van der Waals surface area contributed by atoms with Gasteiger partial charge in [0.1, 0.15) is 0 Å². The van der Waals surface area contributed by atoms with E-state index in [4.69, 9.17) is 5.11 Å². The van der Waals surface area contributed by atoms with Crippen molar-refractivity contribution in [2.75, 3.05) is 13.1 Å². The number of aliphatic carboxylic acids is 1. The highest BCUT2D eigenvalue weighted by Crippen LogP contribution is 2.21. The van der Waals surface area contributed by atoms with E-state index in [2.05, 4.69) is 5.32 Å². The molecule has 1 unspecified atom stereocenters. The van der Waals surface area contributed by atoms with Gasteiger partial charge in [0.2, 0.25) is 15.9 Å². The number of nitrogens with one attached hydrogen (secondary N) is 1. The van der Waals surface area contributed by atoms with Gasteiger partial charge in [0.15, 0.2) is 0 Å². The summed E-state index contributed by atoms with van der Waals surface area (Å²) in [6.45, 7) is 2.78. The van der Waals surface area contributed by atoms with Gasteiger partial charge < -0.3 is 10.4 Å². The zero-order chi connectivity index (χ0) is 18.4. The molecule has 1 aliphatic heterocycles. The molecule has 0 spiro atoms. The van der Waals surface area contributed by atoms with Crippen molar-refractivity contribution >= 4 is 21.9 Å². The Balaban J connectivity index is 1.88. The molecule has 1 aromatic rings. The van der Waals surface area contributed by atoms with Crippen LogP contribution >= 0.6 is 0 Å². The number of rotatable bonds is 8. The number of carbonyl (C=O) groups is 2. The van der Waals surface area contributed by atoms with Gasteiger partial charge in [0, 0.05) is 25.6 Å². The first-order valence-corrected chi connectivity index (χ1v) is 9.83. The molecule has 8 heteroatoms. The number of sulfonamides is 1. The number of hydrogen-bond donors (Lipinski definition) is 2. The van der Waals surface area contributed by atoms with Crippen molar-refractivity contribution < 1.29 is 23.1 Å². The van der Waals surface area contributed by atoms with Gasteiger partial charge in [-0.2, -0.15) is 4.31 Å². The van der Waals surface area contributed by atoms with Gasteiger partial charge in [0.25, 0.3) is 0 Å². The van der Waals surface area contributed by atoms with E-state index in [1.165, 1.54) is 4.31 Å². The van der Waals surface area contributed by atoms with Crippen LogP contribution in [0.25, 0.3) is 0 Å². The second-order valence-corrected chi connectivity index (χ2v) is 8.26. The van der Waals surface area contributed by atoms with E-state index >= 15 is 0 Å². The van der Waals surface area contributed by atoms with Crippen LogP contribution in [0.3, 0.4) is 0 Å². The number of aryl methyl sites for hydroxylation is 1. The van der Waals surface area contributed by atoms with E-state index in [1.807, 2.05) is 0 Å². The zero-order valence-corrected chi connectivity index (χ0v) is 15.1. The van der Waals surface area contributed by atoms with Crippen molar-refractivity contribution in [3.8, 4) is 0 Å². The number of carbonyl (C=O) groups excluding carboxylic acids is 1. The maximum absolute atomic E-state index is 12.4. The van der Waals surface area contributed by atoms with E-state index in [-0.39, 0.29) is 23.6 Å². The summed E-state index contributed by atoms with van der Waals surface area (Å²) in [7, 11) is -3.42. The molecule has 1 saturated heterocycles. The molecule has 2 N–H and O–H groups in total. The Labute approximate surface area is 148 Å². The Morgan fingerprint density at radius 1 is 1.20 bits per heavy atom. The van der Waals surface area contributed by atoms with Gasteiger partial charge in [-0.1, -0.05) is 12.1 Å². The van der Waals surface area contributed by atoms with Gasteiger partial charge in [0.05, 0.1) is 11.3 Å². The summed E-state index contributed by atoms with van der Waals surface area (Å²) in [5.74, 6) is -1.18. The third kappa shape index (κ3) is 5.54. The molecular formula is C17H24N2O5S. The maximum Gasteiger partial charge on any atom is 0.305 e. The van der Waals surface area contributed by atoms with Crippen molar-refractivity contribution in [2.45, 2.75) is 50.0 Å². The van der Waals surface area contributed by atoms with Crippen molar-refractivity contribution in [3.05, 3.63) is 29.8 Å². The highest BCUT2D eigenvalue weighted by atomic mass is 32.2. The Morgan fingerprint density at radius 3 is 2.36 bits per heavy atom. The largest absolute Gasteiger partial charge is 0.481 e. The minimum Gasteiger partial charge on any atom is -0.481 e. The maximum atomic E-state index is 12.4. The average molecular weight is 368 g/mol. The lowest BCUT2D eigenvalue weighted by Crippen LogP contribution is -2.34. The number of carboxylic acids is 1. The Morgan fingerprint density at radius 2 is 1.80 bits per heavy atom. The molecule has 0 bridgehead atoms. The van der Waals surface area contributed by atoms with Crippen LogP contribution in [0.15, 0.2) is 29.2 Å². The number of nitrogens with zero attached hydrogens (tertiary/aromatic N) is 1. The standard InChI is InChI=1S/C17H24N2O5S/c1-13(12-17(21)22)18-16(20)9-6-14-4-7-15(8-5-14)25(23,24)19-10-2-3-11-19/h4-5,7-8,13H,2-3,6,9-12H2,1H3,(H,18,20)(H,21,22). The average Bonchev–Trinajstić information content (AvgIpc) is 3.07. The first kappa shape index (κ1) is 19.4. The molecule has 0 radical (unpaired) electrons. The highest BCUT2D eigenvalue weighted by molar-refractivity contribution is 7.89. The topological polar surface area (TPSA) is 104 Å². The van der Waals surface area contributed by atoms with Crippen LogP contribution in [-0.4, -0.2) is 48.8 Å². The third-order valence-corrected chi connectivity index (χ3v) is 6.07. The van der Waals surface area contributed by atoms with Gasteiger partial charge in [-0.05, 0) is 43.9 Å². The van der Waals surface area contributed by atoms with E-state index in [9.17, 15) is 18.0 Å². The molecule has 1 heterocycles. The molecule has 1 amide bonds. The summed E-state index contributed by atoms with van der Waals surface area (Å²) in [6.07, 6.45) is 2.37. The van der Waals surface area contributed by atoms with Crippen LogP contribution in [0.5, 0.6) is 0 Å². The molecule has 1 aromatic carbocycles. The Kier molecular flexibility index (Phi) is 6.55. The fraction of sp³-hybridized carbons (Fsp3) is 0.529. The number of carboxylic acid groups (broad SMARTS) is 1. The quantitative estimate of drug-likeness (QED) is 0.721. The number of hydrogen-bond acceptors (Lipinski definition) is 4. The predicted octanol–water partition coefficient (Wildman–Crippen LogP) is 1.38. The van der Waals surface area contributed by atoms with E-state index in [0.29, 0.717) is 19.5 Å². The first-order valence-electron chi connectivity index (χ1n) is 8.39. The lowest BCUT2D eigenvalue weighted by molar-refractivity contribution is -0.137. The molecule has 2 rings (SSSR count). The first-order chi connectivity index (χ1) is 11.8. The van der Waals surface area contributed by atoms with Gasteiger partial charge in [-0.15, -0.1) is 0 Å². The summed E-state index contributed by atoms with van der Waals surface area (Å²) >= 11 is 0. The second kappa shape index (κ2) is 8.44. The zero-order valence-electron chi connectivity index (χ0n) is 14.3. The van der Waals surface area contributed by atoms with Crippen LogP contribution in [-0.2, 0) is 26.0 Å². The van der Waals surface area contributed by atoms with Gasteiger partial charge in [-0.25, -0.2) is 8.42 Å². The lowest BCUT2D eigenvalue weighted by Gasteiger charge is -2.15. The van der Waals surface area contributed by atoms with Crippen LogP contribution in [0.2, 0.25) is 0 Å². The fourth-order valence-electron chi connectivity index (χ4n) is 2.82. The van der Waals surface area contributed by atoms with Crippen LogP contribution in [0.4, 0.5) is 0 Å². The van der Waals surface area contributed by atoms with E-state index in [1.54, 1.807) is 31.2 Å². The minimum absolute atomic E-state index is 0.116. The Bertz CT molecular complexity index is 709. The van der Waals surface area contributed by atoms with Crippen LogP contribution in [0, 0.1) is 0 Å². The molecule has 1 atom stereocenters. The van der Waals surface area contributed by atoms with Crippen LogP contribution < -0.4 is 5.32 Å². The summed E-state index contributed by atoms with van der Waals surface area (Å²) < 4.78 is 26.4. The summed E-state index contributed by atoms with van der Waals surface area (Å²) in [5.41, 5.74) is 0.862. The molecule has 1 fully saturated rings. The minimum atomic E-state index is -3.42.